The summed E-state index contributed by atoms with van der Waals surface area (Å²) in [5.41, 5.74) is 9.81. The number of aliphatic hydroxyl groups is 1. The first-order valence-electron chi connectivity index (χ1n) is 12.8. The Morgan fingerprint density at radius 1 is 1.21 bits per heavy atom. The molecular weight excluding hydrogens is 619 g/mol. The topological polar surface area (TPSA) is 249 Å². The number of fused-ring (bicyclic) bond motifs is 2. The van der Waals surface area contributed by atoms with E-state index in [0.717, 1.165) is 16.4 Å². The maximum atomic E-state index is 15.8. The van der Waals surface area contributed by atoms with Gasteiger partial charge in [0.25, 0.3) is 5.56 Å². The number of ether oxygens (including phenoxy) is 2. The van der Waals surface area contributed by atoms with Crippen molar-refractivity contribution in [2.45, 2.75) is 60.7 Å². The summed E-state index contributed by atoms with van der Waals surface area (Å²) < 4.78 is 50.3. The Bertz CT molecular complexity index is 1660. The van der Waals surface area contributed by atoms with Crippen LogP contribution in [0.15, 0.2) is 17.4 Å². The second kappa shape index (κ2) is 12.1. The van der Waals surface area contributed by atoms with Gasteiger partial charge < -0.3 is 30.6 Å². The van der Waals surface area contributed by atoms with Crippen LogP contribution < -0.4 is 17.0 Å². The monoisotopic (exact) mass is 645 g/mol. The average Bonchev–Trinajstić information content (AvgIpc) is 3.73. The van der Waals surface area contributed by atoms with E-state index in [-0.39, 0.29) is 42.4 Å². The molecule has 10 atom stereocenters. The Morgan fingerprint density at radius 2 is 2.02 bits per heavy atom. The van der Waals surface area contributed by atoms with Gasteiger partial charge in [0.1, 0.15) is 22.7 Å². The predicted octanol–water partition coefficient (Wildman–Crippen LogP) is 0.0603. The van der Waals surface area contributed by atoms with E-state index in [9.17, 15) is 15.2 Å². The summed E-state index contributed by atoms with van der Waals surface area (Å²) in [6.45, 7) is 0.0302. The Labute approximate surface area is 245 Å². The molecule has 0 aromatic carbocycles. The molecule has 0 bridgehead atoms. The van der Waals surface area contributed by atoms with Crippen LogP contribution >= 0.6 is 21.2 Å². The van der Waals surface area contributed by atoms with Crippen LogP contribution in [0.2, 0.25) is 0 Å². The van der Waals surface area contributed by atoms with E-state index in [2.05, 4.69) is 49.6 Å². The van der Waals surface area contributed by atoms with Crippen LogP contribution in [0.1, 0.15) is 24.4 Å². The van der Waals surface area contributed by atoms with Crippen LogP contribution in [0.5, 0.6) is 0 Å². The number of H-pyrrole nitrogens is 1. The van der Waals surface area contributed by atoms with Crippen LogP contribution in [0.25, 0.3) is 22.3 Å². The van der Waals surface area contributed by atoms with Gasteiger partial charge in [0, 0.05) is 15.4 Å². The Hall–Kier alpha value is -3.17. The fraction of sp³-hybridized carbons (Fsp3) is 0.571. The smallest absolute Gasteiger partial charge is 0.282 e. The largest absolute Gasteiger partial charge is 0.382 e. The first kappa shape index (κ1) is 29.9. The third-order valence-corrected chi connectivity index (χ3v) is 8.86. The number of hydrogen-bond donors (Lipinski definition) is 5. The minimum Gasteiger partial charge on any atom is -0.382 e. The van der Waals surface area contributed by atoms with Crippen molar-refractivity contribution in [2.24, 2.45) is 5.92 Å². The Morgan fingerprint density at radius 3 is 2.79 bits per heavy atom. The lowest BCUT2D eigenvalue weighted by molar-refractivity contribution is -0.297. The van der Waals surface area contributed by atoms with E-state index in [4.69, 9.17) is 25.5 Å². The number of nitrogen functional groups attached to an aromatic ring is 2. The van der Waals surface area contributed by atoms with Gasteiger partial charge in [-0.05, 0) is 12.8 Å². The number of halogens is 2. The lowest BCUT2D eigenvalue weighted by atomic mass is 9.93. The molecule has 232 valence electrons. The van der Waals surface area contributed by atoms with Crippen LogP contribution in [-0.2, 0) is 18.9 Å². The first-order chi connectivity index (χ1) is 20.7. The highest BCUT2D eigenvalue weighted by Crippen LogP contribution is 2.46. The summed E-state index contributed by atoms with van der Waals surface area (Å²) >= 11 is 0.803. The molecule has 0 spiro atoms. The lowest BCUT2D eigenvalue weighted by Gasteiger charge is -2.22. The number of thioether (sulfide) groups is 1. The number of imidazole rings is 1. The van der Waals surface area contributed by atoms with Gasteiger partial charge >= 0.3 is 0 Å². The number of nitrogens with one attached hydrogen (secondary N) is 1. The number of alkyl halides is 2. The number of rotatable bonds is 10. The van der Waals surface area contributed by atoms with Crippen LogP contribution in [-0.4, -0.2) is 97.7 Å². The SMILES string of the molecule is Nc1nc2c(nnn2[C@@H]2SC(OC(O)CC[C@H]3[C@H](F)[C@H](n4cnc5c(N)ncnc54)O[C@@H]3COP)[C@@H](F)[C@H]2OO)c(=O)[nH]1. The molecule has 6 rings (SSSR count). The van der Waals surface area contributed by atoms with Crippen molar-refractivity contribution in [2.75, 3.05) is 18.1 Å². The summed E-state index contributed by atoms with van der Waals surface area (Å²) in [5.74, 6) is -0.842. The van der Waals surface area contributed by atoms with Gasteiger partial charge in [-0.1, -0.05) is 17.0 Å². The van der Waals surface area contributed by atoms with Gasteiger partial charge in [-0.3, -0.25) is 19.6 Å². The summed E-state index contributed by atoms with van der Waals surface area (Å²) in [6.07, 6.45) is -5.85. The highest BCUT2D eigenvalue weighted by molar-refractivity contribution is 8.00. The van der Waals surface area contributed by atoms with Crippen LogP contribution in [0.3, 0.4) is 0 Å². The number of anilines is 2. The molecule has 3 unspecified atom stereocenters. The average molecular weight is 646 g/mol. The molecular formula is C21H26F2N11O7PS. The Balaban J connectivity index is 1.13. The predicted molar refractivity (Wildman–Crippen MR) is 147 cm³/mol. The van der Waals surface area contributed by atoms with Gasteiger partial charge in [0.15, 0.2) is 53.6 Å². The second-order valence-electron chi connectivity index (χ2n) is 9.82. The normalized spacial score (nSPS) is 30.1. The summed E-state index contributed by atoms with van der Waals surface area (Å²) in [6, 6.07) is 0. The van der Waals surface area contributed by atoms with Crippen molar-refractivity contribution in [1.82, 2.24) is 44.5 Å². The summed E-state index contributed by atoms with van der Waals surface area (Å²) in [7, 11) is 2.08. The van der Waals surface area contributed by atoms with Crippen molar-refractivity contribution in [3.05, 3.63) is 23.0 Å². The zero-order valence-corrected chi connectivity index (χ0v) is 23.9. The van der Waals surface area contributed by atoms with E-state index in [1.165, 1.54) is 17.2 Å². The quantitative estimate of drug-likeness (QED) is 0.0662. The molecule has 6 heterocycles. The molecule has 2 saturated heterocycles. The number of nitrogens with zero attached hydrogens (tertiary/aromatic N) is 8. The molecule has 2 fully saturated rings. The third-order valence-electron chi connectivity index (χ3n) is 7.28. The fourth-order valence-electron chi connectivity index (χ4n) is 5.25. The molecule has 43 heavy (non-hydrogen) atoms. The molecule has 0 saturated carbocycles. The molecule has 4 aromatic rings. The van der Waals surface area contributed by atoms with E-state index in [0.29, 0.717) is 11.2 Å². The number of aromatic amines is 1. The minimum absolute atomic E-state index is 0.0302. The fourth-order valence-corrected chi connectivity index (χ4v) is 6.83. The second-order valence-corrected chi connectivity index (χ2v) is 11.4. The highest BCUT2D eigenvalue weighted by atomic mass is 32.2. The third kappa shape index (κ3) is 5.39. The Kier molecular flexibility index (Phi) is 8.39. The van der Waals surface area contributed by atoms with Crippen molar-refractivity contribution in [3.8, 4) is 0 Å². The van der Waals surface area contributed by atoms with Gasteiger partial charge in [-0.25, -0.2) is 33.3 Å². The van der Waals surface area contributed by atoms with E-state index in [1.807, 2.05) is 0 Å². The van der Waals surface area contributed by atoms with Gasteiger partial charge in [-0.15, -0.1) is 5.10 Å². The van der Waals surface area contributed by atoms with Gasteiger partial charge in [0.05, 0.1) is 19.0 Å². The molecule has 22 heteroatoms. The lowest BCUT2D eigenvalue weighted by Crippen LogP contribution is -2.34. The van der Waals surface area contributed by atoms with Gasteiger partial charge in [-0.2, -0.15) is 4.98 Å². The van der Waals surface area contributed by atoms with E-state index < -0.39 is 59.4 Å². The van der Waals surface area contributed by atoms with E-state index >= 15 is 8.78 Å². The van der Waals surface area contributed by atoms with Crippen LogP contribution in [0.4, 0.5) is 20.5 Å². The van der Waals surface area contributed by atoms with Gasteiger partial charge in [0.2, 0.25) is 5.95 Å². The van der Waals surface area contributed by atoms with Crippen molar-refractivity contribution < 1.29 is 38.0 Å². The van der Waals surface area contributed by atoms with Crippen LogP contribution in [0, 0.1) is 5.92 Å². The van der Waals surface area contributed by atoms with E-state index in [1.54, 1.807) is 0 Å². The standard InChI is InChI=1S/C21H26F2N11O7PS/c22-9-6(7(3-38-42)39-18(9)33-5-28-11-14(24)26-4-27-15(11)33)1-2-8(35)40-20-10(23)13(41-37)19(43-20)34-16-12(31-32-34)17(36)30-21(25)29-16/h4-10,13,18-20,35,37H,1-3,42H2,(H2,24,26,27)(H3,25,29,30,36)/t6-,7-,8?,9+,10+,13-,18-,19-,20?/m1/s1. The summed E-state index contributed by atoms with van der Waals surface area (Å²) in [5, 5.41) is 26.6. The maximum absolute atomic E-state index is 15.8. The molecule has 0 aliphatic carbocycles. The molecule has 7 N–H and O–H groups in total. The molecule has 0 radical (unpaired) electrons. The van der Waals surface area contributed by atoms with Crippen molar-refractivity contribution >= 4 is 55.3 Å². The van der Waals surface area contributed by atoms with Crippen molar-refractivity contribution in [3.63, 3.8) is 0 Å². The number of aromatic nitrogens is 9. The number of aliphatic hydroxyl groups excluding tert-OH is 1. The maximum Gasteiger partial charge on any atom is 0.282 e. The molecule has 2 aliphatic rings. The summed E-state index contributed by atoms with van der Waals surface area (Å²) in [4.78, 5) is 34.9. The highest BCUT2D eigenvalue weighted by Gasteiger charge is 2.51. The molecule has 4 aromatic heterocycles. The number of nitrogens with two attached hydrogens (primary N) is 2. The minimum atomic E-state index is -1.96. The number of hydrogen-bond acceptors (Lipinski definition) is 16. The molecule has 2 aliphatic heterocycles. The first-order valence-corrected chi connectivity index (χ1v) is 14.2. The van der Waals surface area contributed by atoms with Crippen molar-refractivity contribution in [1.29, 1.82) is 0 Å². The molecule has 0 amide bonds. The zero-order valence-electron chi connectivity index (χ0n) is 21.9. The zero-order chi connectivity index (χ0) is 30.4. The molecule has 18 nitrogen and oxygen atoms in total.